The van der Waals surface area contributed by atoms with Gasteiger partial charge in [-0.3, -0.25) is 4.98 Å². The molecule has 4 nitrogen and oxygen atoms in total. The average Bonchev–Trinajstić information content (AvgIpc) is 2.99. The number of carbonyl (C=O) groups excluding carboxylic acids is 1. The summed E-state index contributed by atoms with van der Waals surface area (Å²) in [7, 11) is 0. The van der Waals surface area contributed by atoms with Gasteiger partial charge in [-0.05, 0) is 36.6 Å². The lowest BCUT2D eigenvalue weighted by molar-refractivity contribution is 0.208. The molecule has 1 aromatic heterocycles. The molecule has 1 N–H and O–H groups in total. The third-order valence-corrected chi connectivity index (χ3v) is 3.50. The highest BCUT2D eigenvalue weighted by atomic mass is 16.2. The van der Waals surface area contributed by atoms with Crippen LogP contribution in [0.2, 0.25) is 0 Å². The predicted molar refractivity (Wildman–Crippen MR) is 74.8 cm³/mol. The fraction of sp³-hybridized carbons (Fsp3) is 0.333. The largest absolute Gasteiger partial charge is 0.334 e. The first kappa shape index (κ1) is 12.0. The number of benzene rings is 1. The van der Waals surface area contributed by atoms with Crippen LogP contribution < -0.4 is 5.32 Å². The summed E-state index contributed by atoms with van der Waals surface area (Å²) in [5, 5.41) is 4.08. The van der Waals surface area contributed by atoms with Crippen molar-refractivity contribution in [3.05, 3.63) is 42.1 Å². The van der Waals surface area contributed by atoms with E-state index < -0.39 is 0 Å². The molecule has 2 heterocycles. The number of hydrogen-bond acceptors (Lipinski definition) is 2. The molecule has 3 rings (SSSR count). The van der Waals surface area contributed by atoms with E-state index in [0.717, 1.165) is 42.4 Å². The summed E-state index contributed by atoms with van der Waals surface area (Å²) in [5.41, 5.74) is 2.09. The predicted octanol–water partition coefficient (Wildman–Crippen LogP) is 2.54. The molecule has 1 saturated heterocycles. The molecule has 2 aromatic rings. The standard InChI is InChI=1S/C15H17N3O/c19-15(18-8-1-2-9-18)17-11-12-5-6-14-13(10-12)4-3-7-16-14/h3-7,10H,1-2,8-9,11H2,(H,17,19). The molecule has 0 spiro atoms. The molecule has 1 aromatic carbocycles. The SMILES string of the molecule is O=C(NCc1ccc2ncccc2c1)N1CCCC1. The van der Waals surface area contributed by atoms with E-state index in [2.05, 4.69) is 16.4 Å². The molecule has 0 unspecified atom stereocenters. The van der Waals surface area contributed by atoms with Crippen molar-refractivity contribution in [2.75, 3.05) is 13.1 Å². The minimum absolute atomic E-state index is 0.0452. The number of rotatable bonds is 2. The molecule has 19 heavy (non-hydrogen) atoms. The topological polar surface area (TPSA) is 45.2 Å². The maximum absolute atomic E-state index is 11.9. The normalized spacial score (nSPS) is 14.8. The average molecular weight is 255 g/mol. The van der Waals surface area contributed by atoms with Crippen molar-refractivity contribution in [3.8, 4) is 0 Å². The number of amides is 2. The van der Waals surface area contributed by atoms with Crippen LogP contribution in [-0.2, 0) is 6.54 Å². The van der Waals surface area contributed by atoms with Crippen molar-refractivity contribution in [2.45, 2.75) is 19.4 Å². The Balaban J connectivity index is 1.66. The lowest BCUT2D eigenvalue weighted by atomic mass is 10.1. The Bertz CT molecular complexity index is 591. The number of aromatic nitrogens is 1. The smallest absolute Gasteiger partial charge is 0.317 e. The number of nitrogens with zero attached hydrogens (tertiary/aromatic N) is 2. The molecule has 1 aliphatic heterocycles. The zero-order valence-electron chi connectivity index (χ0n) is 10.8. The van der Waals surface area contributed by atoms with Crippen molar-refractivity contribution in [3.63, 3.8) is 0 Å². The van der Waals surface area contributed by atoms with Crippen LogP contribution in [0.4, 0.5) is 4.79 Å². The summed E-state index contributed by atoms with van der Waals surface area (Å²) < 4.78 is 0. The summed E-state index contributed by atoms with van der Waals surface area (Å²) in [4.78, 5) is 18.0. The molecule has 0 atom stereocenters. The maximum Gasteiger partial charge on any atom is 0.317 e. The van der Waals surface area contributed by atoms with Gasteiger partial charge in [-0.15, -0.1) is 0 Å². The Morgan fingerprint density at radius 2 is 2.11 bits per heavy atom. The van der Waals surface area contributed by atoms with Gasteiger partial charge in [-0.25, -0.2) is 4.79 Å². The minimum Gasteiger partial charge on any atom is -0.334 e. The van der Waals surface area contributed by atoms with Gasteiger partial charge in [0.2, 0.25) is 0 Å². The van der Waals surface area contributed by atoms with Crippen LogP contribution in [-0.4, -0.2) is 29.0 Å². The molecular weight excluding hydrogens is 238 g/mol. The highest BCUT2D eigenvalue weighted by Crippen LogP contribution is 2.13. The van der Waals surface area contributed by atoms with E-state index >= 15 is 0 Å². The first-order valence-electron chi connectivity index (χ1n) is 6.69. The molecule has 0 radical (unpaired) electrons. The Kier molecular flexibility index (Phi) is 3.31. The van der Waals surface area contributed by atoms with Crippen LogP contribution in [0.1, 0.15) is 18.4 Å². The van der Waals surface area contributed by atoms with Gasteiger partial charge in [0.25, 0.3) is 0 Å². The first-order valence-corrected chi connectivity index (χ1v) is 6.69. The van der Waals surface area contributed by atoms with E-state index in [1.54, 1.807) is 6.20 Å². The van der Waals surface area contributed by atoms with Gasteiger partial charge in [0.05, 0.1) is 5.52 Å². The fourth-order valence-electron chi connectivity index (χ4n) is 2.44. The van der Waals surface area contributed by atoms with Crippen LogP contribution in [0.5, 0.6) is 0 Å². The number of carbonyl (C=O) groups is 1. The van der Waals surface area contributed by atoms with Gasteiger partial charge in [0.1, 0.15) is 0 Å². The van der Waals surface area contributed by atoms with E-state index in [1.807, 2.05) is 29.2 Å². The van der Waals surface area contributed by atoms with Crippen LogP contribution in [0, 0.1) is 0 Å². The van der Waals surface area contributed by atoms with Crippen LogP contribution in [0.15, 0.2) is 36.5 Å². The number of hydrogen-bond donors (Lipinski definition) is 1. The van der Waals surface area contributed by atoms with E-state index in [1.165, 1.54) is 0 Å². The molecule has 1 aliphatic rings. The second-order valence-corrected chi connectivity index (χ2v) is 4.88. The molecule has 4 heteroatoms. The van der Waals surface area contributed by atoms with E-state index in [4.69, 9.17) is 0 Å². The summed E-state index contributed by atoms with van der Waals surface area (Å²) in [6, 6.07) is 10.1. The molecule has 1 fully saturated rings. The third-order valence-electron chi connectivity index (χ3n) is 3.50. The summed E-state index contributed by atoms with van der Waals surface area (Å²) >= 11 is 0. The fourth-order valence-corrected chi connectivity index (χ4v) is 2.44. The van der Waals surface area contributed by atoms with Crippen molar-refractivity contribution in [1.82, 2.24) is 15.2 Å². The first-order chi connectivity index (χ1) is 9.33. The maximum atomic E-state index is 11.9. The third kappa shape index (κ3) is 2.67. The number of fused-ring (bicyclic) bond motifs is 1. The Labute approximate surface area is 112 Å². The van der Waals surface area contributed by atoms with E-state index in [0.29, 0.717) is 6.54 Å². The highest BCUT2D eigenvalue weighted by molar-refractivity contribution is 5.79. The van der Waals surface area contributed by atoms with E-state index in [9.17, 15) is 4.79 Å². The lowest BCUT2D eigenvalue weighted by Crippen LogP contribution is -2.37. The molecule has 2 amide bonds. The number of likely N-dealkylation sites (tertiary alicyclic amines) is 1. The van der Waals surface area contributed by atoms with Crippen molar-refractivity contribution in [1.29, 1.82) is 0 Å². The van der Waals surface area contributed by atoms with Gasteiger partial charge < -0.3 is 10.2 Å². The zero-order chi connectivity index (χ0) is 13.1. The molecule has 98 valence electrons. The van der Waals surface area contributed by atoms with Gasteiger partial charge in [-0.2, -0.15) is 0 Å². The van der Waals surface area contributed by atoms with Gasteiger partial charge in [0, 0.05) is 31.2 Å². The Hall–Kier alpha value is -2.10. The Morgan fingerprint density at radius 1 is 1.26 bits per heavy atom. The number of pyridine rings is 1. The van der Waals surface area contributed by atoms with Gasteiger partial charge in [-0.1, -0.05) is 12.1 Å². The molecular formula is C15H17N3O. The molecule has 0 aliphatic carbocycles. The van der Waals surface area contributed by atoms with Crippen LogP contribution >= 0.6 is 0 Å². The zero-order valence-corrected chi connectivity index (χ0v) is 10.8. The quantitative estimate of drug-likeness (QED) is 0.896. The van der Waals surface area contributed by atoms with Crippen molar-refractivity contribution in [2.24, 2.45) is 0 Å². The van der Waals surface area contributed by atoms with Gasteiger partial charge >= 0.3 is 6.03 Å². The van der Waals surface area contributed by atoms with E-state index in [-0.39, 0.29) is 6.03 Å². The Morgan fingerprint density at radius 3 is 2.95 bits per heavy atom. The second kappa shape index (κ2) is 5.26. The highest BCUT2D eigenvalue weighted by Gasteiger charge is 2.16. The molecule has 0 saturated carbocycles. The van der Waals surface area contributed by atoms with Crippen LogP contribution in [0.3, 0.4) is 0 Å². The number of nitrogens with one attached hydrogen (secondary N) is 1. The summed E-state index contributed by atoms with van der Waals surface area (Å²) in [5.74, 6) is 0. The minimum atomic E-state index is 0.0452. The second-order valence-electron chi connectivity index (χ2n) is 4.88. The summed E-state index contributed by atoms with van der Waals surface area (Å²) in [6.45, 7) is 2.33. The monoisotopic (exact) mass is 255 g/mol. The van der Waals surface area contributed by atoms with Gasteiger partial charge in [0.15, 0.2) is 0 Å². The number of urea groups is 1. The summed E-state index contributed by atoms with van der Waals surface area (Å²) in [6.07, 6.45) is 4.03. The van der Waals surface area contributed by atoms with Crippen molar-refractivity contribution < 1.29 is 4.79 Å². The van der Waals surface area contributed by atoms with Crippen LogP contribution in [0.25, 0.3) is 10.9 Å². The van der Waals surface area contributed by atoms with Crippen molar-refractivity contribution >= 4 is 16.9 Å². The lowest BCUT2D eigenvalue weighted by Gasteiger charge is -2.16. The molecule has 0 bridgehead atoms.